The van der Waals surface area contributed by atoms with Crippen LogP contribution in [0.1, 0.15) is 26.3 Å². The lowest BCUT2D eigenvalue weighted by Gasteiger charge is -2.36. The summed E-state index contributed by atoms with van der Waals surface area (Å²) in [6, 6.07) is 3.78. The molecule has 2 rings (SSSR count). The molecule has 0 saturated carbocycles. The van der Waals surface area contributed by atoms with E-state index in [0.29, 0.717) is 50.0 Å². The average molecular weight is 429 g/mol. The summed E-state index contributed by atoms with van der Waals surface area (Å²) in [4.78, 5) is 16.5. The highest BCUT2D eigenvalue weighted by Gasteiger charge is 2.35. The maximum Gasteiger partial charge on any atom is 0.240 e. The van der Waals surface area contributed by atoms with Crippen LogP contribution in [0.25, 0.3) is 0 Å². The number of carbonyl (C=O) groups excluding carboxylic acids is 1. The number of hydrogen-bond acceptors (Lipinski definition) is 7. The Morgan fingerprint density at radius 1 is 0.966 bits per heavy atom. The lowest BCUT2D eigenvalue weighted by atomic mass is 10.1. The Kier molecular flexibility index (Phi) is 7.76. The fourth-order valence-corrected chi connectivity index (χ4v) is 4.71. The molecule has 29 heavy (non-hydrogen) atoms. The SMILES string of the molecule is COc1ccc(CN2CCN(C(=O)C(C)S(=O)(=O)C(C)C)CC2)c(OC)c1OC. The largest absolute Gasteiger partial charge is 0.493 e. The van der Waals surface area contributed by atoms with Crippen LogP contribution in [0.4, 0.5) is 0 Å². The first-order chi connectivity index (χ1) is 13.7. The van der Waals surface area contributed by atoms with Gasteiger partial charge < -0.3 is 19.1 Å². The molecule has 164 valence electrons. The van der Waals surface area contributed by atoms with E-state index in [4.69, 9.17) is 14.2 Å². The van der Waals surface area contributed by atoms with Gasteiger partial charge in [0.2, 0.25) is 11.7 Å². The van der Waals surface area contributed by atoms with Gasteiger partial charge in [0.05, 0.1) is 26.6 Å². The van der Waals surface area contributed by atoms with E-state index in [1.54, 1.807) is 40.1 Å². The van der Waals surface area contributed by atoms with Crippen LogP contribution in [0.5, 0.6) is 17.2 Å². The first-order valence-electron chi connectivity index (χ1n) is 9.69. The molecule has 1 aliphatic rings. The van der Waals surface area contributed by atoms with Crippen molar-refractivity contribution in [3.63, 3.8) is 0 Å². The second-order valence-electron chi connectivity index (χ2n) is 7.37. The highest BCUT2D eigenvalue weighted by molar-refractivity contribution is 7.93. The Morgan fingerprint density at radius 2 is 1.55 bits per heavy atom. The van der Waals surface area contributed by atoms with E-state index in [9.17, 15) is 13.2 Å². The van der Waals surface area contributed by atoms with E-state index in [-0.39, 0.29) is 5.91 Å². The molecule has 1 aliphatic heterocycles. The third kappa shape index (κ3) is 4.95. The number of amides is 1. The number of piperazine rings is 1. The first-order valence-corrected chi connectivity index (χ1v) is 11.3. The predicted molar refractivity (Wildman–Crippen MR) is 111 cm³/mol. The van der Waals surface area contributed by atoms with Crippen molar-refractivity contribution < 1.29 is 27.4 Å². The van der Waals surface area contributed by atoms with Crippen LogP contribution in [0.2, 0.25) is 0 Å². The highest BCUT2D eigenvalue weighted by Crippen LogP contribution is 2.40. The fraction of sp³-hybridized carbons (Fsp3) is 0.650. The van der Waals surface area contributed by atoms with Crippen LogP contribution >= 0.6 is 0 Å². The van der Waals surface area contributed by atoms with Gasteiger partial charge in [-0.1, -0.05) is 6.07 Å². The maximum atomic E-state index is 12.6. The molecule has 1 aromatic carbocycles. The van der Waals surface area contributed by atoms with Crippen molar-refractivity contribution in [1.82, 2.24) is 9.80 Å². The summed E-state index contributed by atoms with van der Waals surface area (Å²) in [5, 5.41) is -1.58. The Bertz CT molecular complexity index is 817. The van der Waals surface area contributed by atoms with Gasteiger partial charge in [0.25, 0.3) is 0 Å². The zero-order valence-corrected chi connectivity index (χ0v) is 18.9. The van der Waals surface area contributed by atoms with Crippen molar-refractivity contribution in [2.45, 2.75) is 37.8 Å². The zero-order chi connectivity index (χ0) is 21.8. The second-order valence-corrected chi connectivity index (χ2v) is 10.2. The summed E-state index contributed by atoms with van der Waals surface area (Å²) in [5.74, 6) is 1.46. The molecule has 0 spiro atoms. The van der Waals surface area contributed by atoms with E-state index < -0.39 is 20.3 Å². The maximum absolute atomic E-state index is 12.6. The van der Waals surface area contributed by atoms with Crippen molar-refractivity contribution in [2.75, 3.05) is 47.5 Å². The molecule has 9 heteroatoms. The molecule has 1 aromatic rings. The molecule has 0 aliphatic carbocycles. The minimum absolute atomic E-state index is 0.318. The van der Waals surface area contributed by atoms with Crippen LogP contribution in [0, 0.1) is 0 Å². The number of benzene rings is 1. The van der Waals surface area contributed by atoms with E-state index in [1.807, 2.05) is 12.1 Å². The summed E-state index contributed by atoms with van der Waals surface area (Å²) in [6.07, 6.45) is 0. The van der Waals surface area contributed by atoms with Gasteiger partial charge in [0.15, 0.2) is 21.3 Å². The average Bonchev–Trinajstić information content (AvgIpc) is 2.72. The van der Waals surface area contributed by atoms with Gasteiger partial charge in [0, 0.05) is 38.3 Å². The molecule has 8 nitrogen and oxygen atoms in total. The normalized spacial score (nSPS) is 16.6. The molecule has 0 bridgehead atoms. The second kappa shape index (κ2) is 9.67. The molecule has 1 amide bonds. The van der Waals surface area contributed by atoms with Gasteiger partial charge in [-0.15, -0.1) is 0 Å². The molecular weight excluding hydrogens is 396 g/mol. The molecule has 1 unspecified atom stereocenters. The van der Waals surface area contributed by atoms with Crippen LogP contribution in [0.15, 0.2) is 12.1 Å². The zero-order valence-electron chi connectivity index (χ0n) is 18.1. The molecule has 1 atom stereocenters. The van der Waals surface area contributed by atoms with E-state index in [1.165, 1.54) is 6.92 Å². The molecule has 0 aromatic heterocycles. The lowest BCUT2D eigenvalue weighted by molar-refractivity contribution is -0.132. The summed E-state index contributed by atoms with van der Waals surface area (Å²) in [7, 11) is 1.28. The molecule has 0 radical (unpaired) electrons. The van der Waals surface area contributed by atoms with Crippen molar-refractivity contribution in [2.24, 2.45) is 0 Å². The summed E-state index contributed by atoms with van der Waals surface area (Å²) in [5.41, 5.74) is 0.959. The number of rotatable bonds is 8. The van der Waals surface area contributed by atoms with Crippen LogP contribution in [0.3, 0.4) is 0 Å². The molecule has 0 N–H and O–H groups in total. The monoisotopic (exact) mass is 428 g/mol. The lowest BCUT2D eigenvalue weighted by Crippen LogP contribution is -2.52. The highest BCUT2D eigenvalue weighted by atomic mass is 32.2. The van der Waals surface area contributed by atoms with Crippen molar-refractivity contribution in [3.05, 3.63) is 17.7 Å². The van der Waals surface area contributed by atoms with Gasteiger partial charge in [0.1, 0.15) is 5.25 Å². The number of carbonyl (C=O) groups is 1. The van der Waals surface area contributed by atoms with Gasteiger partial charge in [-0.2, -0.15) is 0 Å². The summed E-state index contributed by atoms with van der Waals surface area (Å²) < 4.78 is 40.9. The van der Waals surface area contributed by atoms with Crippen LogP contribution in [-0.2, 0) is 21.2 Å². The topological polar surface area (TPSA) is 85.4 Å². The van der Waals surface area contributed by atoms with E-state index in [2.05, 4.69) is 4.90 Å². The van der Waals surface area contributed by atoms with Crippen molar-refractivity contribution in [3.8, 4) is 17.2 Å². The first kappa shape index (κ1) is 23.3. The smallest absolute Gasteiger partial charge is 0.240 e. The quantitative estimate of drug-likeness (QED) is 0.621. The Labute approximate surface area is 173 Å². The van der Waals surface area contributed by atoms with Gasteiger partial charge in [-0.3, -0.25) is 9.69 Å². The third-order valence-electron chi connectivity index (χ3n) is 5.36. The van der Waals surface area contributed by atoms with Gasteiger partial charge >= 0.3 is 0 Å². The fourth-order valence-electron chi connectivity index (χ4n) is 3.46. The number of methoxy groups -OCH3 is 3. The van der Waals surface area contributed by atoms with Crippen molar-refractivity contribution >= 4 is 15.7 Å². The number of nitrogens with zero attached hydrogens (tertiary/aromatic N) is 2. The molecule has 1 heterocycles. The number of ether oxygens (including phenoxy) is 3. The molecule has 1 saturated heterocycles. The summed E-state index contributed by atoms with van der Waals surface area (Å²) >= 11 is 0. The number of sulfone groups is 1. The minimum atomic E-state index is -3.46. The van der Waals surface area contributed by atoms with Crippen LogP contribution < -0.4 is 14.2 Å². The van der Waals surface area contributed by atoms with E-state index in [0.717, 1.165) is 5.56 Å². The Morgan fingerprint density at radius 3 is 2.03 bits per heavy atom. The predicted octanol–water partition coefficient (Wildman–Crippen LogP) is 1.57. The Hall–Kier alpha value is -2.00. The number of hydrogen-bond donors (Lipinski definition) is 0. The third-order valence-corrected chi connectivity index (χ3v) is 7.86. The van der Waals surface area contributed by atoms with Crippen molar-refractivity contribution in [1.29, 1.82) is 0 Å². The molecular formula is C20H32N2O6S. The van der Waals surface area contributed by atoms with Crippen LogP contribution in [-0.4, -0.2) is 82.1 Å². The van der Waals surface area contributed by atoms with Gasteiger partial charge in [-0.05, 0) is 26.8 Å². The van der Waals surface area contributed by atoms with Gasteiger partial charge in [-0.25, -0.2) is 8.42 Å². The minimum Gasteiger partial charge on any atom is -0.493 e. The van der Waals surface area contributed by atoms with E-state index >= 15 is 0 Å². The Balaban J connectivity index is 2.05. The summed E-state index contributed by atoms with van der Waals surface area (Å²) in [6.45, 7) is 7.61. The standard InChI is InChI=1S/C20H32N2O6S/c1-14(2)29(24,25)15(3)20(23)22-11-9-21(10-12-22)13-16-7-8-17(26-4)19(28-6)18(16)27-5/h7-8,14-15H,9-13H2,1-6H3. The molecule has 1 fully saturated rings.